The average molecular weight is 395 g/mol. The SMILES string of the molecule is O=C(NCCc1ccccc1)N1CCCC(F)(c2nc(-c3ccncc3)no2)C1. The molecule has 1 aromatic carbocycles. The molecule has 3 heterocycles. The molecule has 0 spiro atoms. The zero-order chi connectivity index (χ0) is 20.1. The third-order valence-electron chi connectivity index (χ3n) is 5.01. The minimum absolute atomic E-state index is 0.0916. The van der Waals surface area contributed by atoms with Crippen LogP contribution < -0.4 is 5.32 Å². The lowest BCUT2D eigenvalue weighted by Gasteiger charge is -2.35. The van der Waals surface area contributed by atoms with Crippen molar-refractivity contribution in [2.75, 3.05) is 19.6 Å². The number of likely N-dealkylation sites (tertiary alicyclic amines) is 1. The molecule has 3 aromatic rings. The maximum absolute atomic E-state index is 15.6. The van der Waals surface area contributed by atoms with Crippen LogP contribution in [0.2, 0.25) is 0 Å². The highest BCUT2D eigenvalue weighted by atomic mass is 19.1. The van der Waals surface area contributed by atoms with Crippen molar-refractivity contribution in [3.63, 3.8) is 0 Å². The number of rotatable bonds is 5. The van der Waals surface area contributed by atoms with Gasteiger partial charge in [-0.15, -0.1) is 0 Å². The van der Waals surface area contributed by atoms with Crippen LogP contribution in [0.1, 0.15) is 24.3 Å². The van der Waals surface area contributed by atoms with Gasteiger partial charge in [0.1, 0.15) is 0 Å². The van der Waals surface area contributed by atoms with E-state index in [9.17, 15) is 4.79 Å². The number of halogens is 1. The fourth-order valence-electron chi connectivity index (χ4n) is 3.45. The minimum atomic E-state index is -1.85. The van der Waals surface area contributed by atoms with E-state index in [1.165, 1.54) is 4.90 Å². The number of benzene rings is 1. The van der Waals surface area contributed by atoms with Gasteiger partial charge in [-0.05, 0) is 37.0 Å². The lowest BCUT2D eigenvalue weighted by atomic mass is 9.94. The van der Waals surface area contributed by atoms with Gasteiger partial charge in [0.2, 0.25) is 11.5 Å². The van der Waals surface area contributed by atoms with E-state index < -0.39 is 5.67 Å². The summed E-state index contributed by atoms with van der Waals surface area (Å²) in [5.41, 5.74) is -0.0153. The van der Waals surface area contributed by atoms with Crippen molar-refractivity contribution in [3.8, 4) is 11.4 Å². The largest absolute Gasteiger partial charge is 0.338 e. The van der Waals surface area contributed by atoms with Crippen molar-refractivity contribution in [1.82, 2.24) is 25.3 Å². The number of hydrogen-bond donors (Lipinski definition) is 1. The zero-order valence-corrected chi connectivity index (χ0v) is 15.9. The highest BCUT2D eigenvalue weighted by Crippen LogP contribution is 2.35. The van der Waals surface area contributed by atoms with Gasteiger partial charge in [0.25, 0.3) is 5.89 Å². The Morgan fingerprint density at radius 3 is 2.79 bits per heavy atom. The fraction of sp³-hybridized carbons (Fsp3) is 0.333. The second-order valence-corrected chi connectivity index (χ2v) is 7.12. The average Bonchev–Trinajstić information content (AvgIpc) is 3.26. The molecule has 1 N–H and O–H groups in total. The summed E-state index contributed by atoms with van der Waals surface area (Å²) in [7, 11) is 0. The molecule has 0 aliphatic carbocycles. The Kier molecular flexibility index (Phi) is 5.50. The van der Waals surface area contributed by atoms with Gasteiger partial charge in [-0.1, -0.05) is 35.5 Å². The number of carbonyl (C=O) groups excluding carboxylic acids is 1. The number of aromatic nitrogens is 3. The molecular formula is C21H22FN5O2. The number of pyridine rings is 1. The molecule has 0 bridgehead atoms. The third kappa shape index (κ3) is 4.42. The van der Waals surface area contributed by atoms with Gasteiger partial charge >= 0.3 is 6.03 Å². The van der Waals surface area contributed by atoms with Crippen LogP contribution in [-0.2, 0) is 12.1 Å². The van der Waals surface area contributed by atoms with Gasteiger partial charge < -0.3 is 14.7 Å². The molecule has 7 nitrogen and oxygen atoms in total. The van der Waals surface area contributed by atoms with Gasteiger partial charge in [0.05, 0.1) is 6.54 Å². The number of piperidine rings is 1. The van der Waals surface area contributed by atoms with Crippen LogP contribution in [0.25, 0.3) is 11.4 Å². The molecule has 0 saturated carbocycles. The van der Waals surface area contributed by atoms with Crippen molar-refractivity contribution in [3.05, 3.63) is 66.3 Å². The number of urea groups is 1. The fourth-order valence-corrected chi connectivity index (χ4v) is 3.45. The molecule has 2 aromatic heterocycles. The number of nitrogens with zero attached hydrogens (tertiary/aromatic N) is 4. The number of carbonyl (C=O) groups is 1. The van der Waals surface area contributed by atoms with E-state index in [4.69, 9.17) is 4.52 Å². The van der Waals surface area contributed by atoms with Crippen molar-refractivity contribution in [2.45, 2.75) is 24.9 Å². The summed E-state index contributed by atoms with van der Waals surface area (Å²) in [5, 5.41) is 6.75. The maximum Gasteiger partial charge on any atom is 0.317 e. The van der Waals surface area contributed by atoms with E-state index in [1.807, 2.05) is 30.3 Å². The molecule has 8 heteroatoms. The van der Waals surface area contributed by atoms with Gasteiger partial charge in [0, 0.05) is 31.0 Å². The second kappa shape index (κ2) is 8.38. The number of hydrogen-bond acceptors (Lipinski definition) is 5. The monoisotopic (exact) mass is 395 g/mol. The Balaban J connectivity index is 1.38. The van der Waals surface area contributed by atoms with Crippen LogP contribution in [0.3, 0.4) is 0 Å². The van der Waals surface area contributed by atoms with Gasteiger partial charge in [0.15, 0.2) is 0 Å². The summed E-state index contributed by atoms with van der Waals surface area (Å²) in [6.07, 6.45) is 4.70. The first kappa shape index (κ1) is 19.0. The Bertz CT molecular complexity index is 950. The predicted molar refractivity (Wildman–Crippen MR) is 105 cm³/mol. The quantitative estimate of drug-likeness (QED) is 0.716. The molecule has 1 aliphatic heterocycles. The Hall–Kier alpha value is -3.29. The van der Waals surface area contributed by atoms with Crippen molar-refractivity contribution >= 4 is 6.03 Å². The topological polar surface area (TPSA) is 84.2 Å². The Morgan fingerprint density at radius 2 is 2.00 bits per heavy atom. The standard InChI is InChI=1S/C21H22FN5O2/c22-21(19-25-18(26-29-19)17-8-11-23-12-9-17)10-4-14-27(15-21)20(28)24-13-7-16-5-2-1-3-6-16/h1-3,5-6,8-9,11-12H,4,7,10,13-15H2,(H,24,28). The van der Waals surface area contributed by atoms with Crippen LogP contribution in [0.5, 0.6) is 0 Å². The summed E-state index contributed by atoms with van der Waals surface area (Å²) in [6.45, 7) is 0.877. The molecule has 0 radical (unpaired) electrons. The maximum atomic E-state index is 15.6. The first-order valence-corrected chi connectivity index (χ1v) is 9.64. The van der Waals surface area contributed by atoms with Crippen molar-refractivity contribution < 1.29 is 13.7 Å². The molecule has 1 unspecified atom stereocenters. The molecule has 29 heavy (non-hydrogen) atoms. The number of nitrogens with one attached hydrogen (secondary N) is 1. The van der Waals surface area contributed by atoms with E-state index >= 15 is 4.39 Å². The summed E-state index contributed by atoms with van der Waals surface area (Å²) in [5.74, 6) is 0.218. The highest BCUT2D eigenvalue weighted by molar-refractivity contribution is 5.74. The normalized spacial score (nSPS) is 19.1. The zero-order valence-electron chi connectivity index (χ0n) is 15.9. The van der Waals surface area contributed by atoms with E-state index in [1.54, 1.807) is 24.5 Å². The van der Waals surface area contributed by atoms with Crippen LogP contribution in [0.15, 0.2) is 59.4 Å². The van der Waals surface area contributed by atoms with Gasteiger partial charge in [-0.25, -0.2) is 9.18 Å². The Morgan fingerprint density at radius 1 is 1.21 bits per heavy atom. The molecule has 1 atom stereocenters. The summed E-state index contributed by atoms with van der Waals surface area (Å²) < 4.78 is 20.8. The van der Waals surface area contributed by atoms with Crippen LogP contribution in [0, 0.1) is 0 Å². The first-order valence-electron chi connectivity index (χ1n) is 9.64. The van der Waals surface area contributed by atoms with E-state index in [0.717, 1.165) is 12.0 Å². The van der Waals surface area contributed by atoms with E-state index in [0.29, 0.717) is 30.9 Å². The lowest BCUT2D eigenvalue weighted by Crippen LogP contribution is -2.50. The van der Waals surface area contributed by atoms with E-state index in [2.05, 4.69) is 20.4 Å². The second-order valence-electron chi connectivity index (χ2n) is 7.12. The van der Waals surface area contributed by atoms with Crippen molar-refractivity contribution in [1.29, 1.82) is 0 Å². The first-order chi connectivity index (χ1) is 14.1. The molecule has 1 aliphatic rings. The molecule has 1 saturated heterocycles. The van der Waals surface area contributed by atoms with Crippen LogP contribution in [0.4, 0.5) is 9.18 Å². The molecule has 4 rings (SSSR count). The van der Waals surface area contributed by atoms with Crippen LogP contribution in [-0.4, -0.2) is 45.7 Å². The third-order valence-corrected chi connectivity index (χ3v) is 5.01. The van der Waals surface area contributed by atoms with Crippen molar-refractivity contribution in [2.24, 2.45) is 0 Å². The van der Waals surface area contributed by atoms with Gasteiger partial charge in [-0.3, -0.25) is 4.98 Å². The molecule has 150 valence electrons. The summed E-state index contributed by atoms with van der Waals surface area (Å²) >= 11 is 0. The van der Waals surface area contributed by atoms with Crippen LogP contribution >= 0.6 is 0 Å². The minimum Gasteiger partial charge on any atom is -0.338 e. The smallest absolute Gasteiger partial charge is 0.317 e. The van der Waals surface area contributed by atoms with E-state index in [-0.39, 0.29) is 24.9 Å². The molecular weight excluding hydrogens is 373 g/mol. The molecule has 2 amide bonds. The van der Waals surface area contributed by atoms with Gasteiger partial charge in [-0.2, -0.15) is 4.98 Å². The number of alkyl halides is 1. The number of amides is 2. The highest BCUT2D eigenvalue weighted by Gasteiger charge is 2.43. The lowest BCUT2D eigenvalue weighted by molar-refractivity contribution is 0.0308. The Labute approximate surface area is 168 Å². The summed E-state index contributed by atoms with van der Waals surface area (Å²) in [6, 6.07) is 13.1. The summed E-state index contributed by atoms with van der Waals surface area (Å²) in [4.78, 5) is 22.2. The predicted octanol–water partition coefficient (Wildman–Crippen LogP) is 3.34. The molecule has 1 fully saturated rings.